The molecule has 0 saturated heterocycles. The van der Waals surface area contributed by atoms with Gasteiger partial charge >= 0.3 is 5.95 Å². The topological polar surface area (TPSA) is 129 Å². The molecule has 0 aliphatic carbocycles. The second kappa shape index (κ2) is 9.14. The van der Waals surface area contributed by atoms with Crippen LogP contribution < -0.4 is 21.8 Å². The lowest BCUT2D eigenvalue weighted by Crippen LogP contribution is -2.33. The molecule has 0 amide bonds. The number of rotatable bonds is 10. The number of azo groups is 1. The summed E-state index contributed by atoms with van der Waals surface area (Å²) < 4.78 is 5.82. The van der Waals surface area contributed by atoms with Gasteiger partial charge < -0.3 is 17.2 Å². The Kier molecular flexibility index (Phi) is 6.89. The number of nitrogen functional groups attached to an aromatic ring is 1. The maximum Gasteiger partial charge on any atom is 0.421 e. The SMILES string of the molecule is CCCn1ncc(N=Nc2n(CCCN)cc[n+]2CCCN)c1N. The molecule has 0 saturated carbocycles. The first kappa shape index (κ1) is 18.1. The van der Waals surface area contributed by atoms with Crippen LogP contribution in [0.15, 0.2) is 28.8 Å². The number of aryl methyl sites for hydroxylation is 3. The summed E-state index contributed by atoms with van der Waals surface area (Å²) in [6.45, 7) is 5.70. The Labute approximate surface area is 142 Å². The number of imidazole rings is 1. The highest BCUT2D eigenvalue weighted by molar-refractivity contribution is 5.56. The summed E-state index contributed by atoms with van der Waals surface area (Å²) in [5.41, 5.74) is 17.9. The number of hydrogen-bond donors (Lipinski definition) is 3. The Balaban J connectivity index is 2.23. The van der Waals surface area contributed by atoms with Crippen molar-refractivity contribution in [2.45, 2.75) is 45.8 Å². The second-order valence-corrected chi connectivity index (χ2v) is 5.61. The number of anilines is 1. The Hall–Kier alpha value is -2.26. The van der Waals surface area contributed by atoms with E-state index in [1.165, 1.54) is 0 Å². The average Bonchev–Trinajstić information content (AvgIpc) is 3.13. The standard InChI is InChI=1S/C15H27N9/c1-2-7-24-14(18)13(12-19-24)20-21-15-22(8-3-5-16)10-11-23(15)9-4-6-17/h10-12,18H,2-9,16-17H2,1H3/p+1. The third-order valence-corrected chi connectivity index (χ3v) is 3.69. The summed E-state index contributed by atoms with van der Waals surface area (Å²) >= 11 is 0. The van der Waals surface area contributed by atoms with E-state index in [1.807, 2.05) is 21.5 Å². The molecule has 0 atom stereocenters. The molecule has 0 radical (unpaired) electrons. The van der Waals surface area contributed by atoms with Gasteiger partial charge in [-0.3, -0.25) is 0 Å². The molecule has 0 unspecified atom stereocenters. The summed E-state index contributed by atoms with van der Waals surface area (Å²) in [6, 6.07) is 0. The molecule has 2 aromatic rings. The molecule has 9 nitrogen and oxygen atoms in total. The van der Waals surface area contributed by atoms with Gasteiger partial charge in [-0.15, -0.1) is 0 Å². The minimum atomic E-state index is 0.536. The van der Waals surface area contributed by atoms with Crippen LogP contribution in [0.5, 0.6) is 0 Å². The fraction of sp³-hybridized carbons (Fsp3) is 0.600. The highest BCUT2D eigenvalue weighted by Crippen LogP contribution is 2.23. The molecule has 0 aliphatic rings. The van der Waals surface area contributed by atoms with Crippen LogP contribution >= 0.6 is 0 Å². The maximum atomic E-state index is 6.07. The molecule has 0 bridgehead atoms. The molecule has 0 spiro atoms. The van der Waals surface area contributed by atoms with Crippen molar-refractivity contribution in [2.75, 3.05) is 18.8 Å². The molecule has 0 aromatic carbocycles. The van der Waals surface area contributed by atoms with E-state index >= 15 is 0 Å². The number of hydrogen-bond acceptors (Lipinski definition) is 6. The Morgan fingerprint density at radius 2 is 1.96 bits per heavy atom. The van der Waals surface area contributed by atoms with Crippen LogP contribution in [0.2, 0.25) is 0 Å². The zero-order chi connectivity index (χ0) is 17.4. The lowest BCUT2D eigenvalue weighted by molar-refractivity contribution is -0.683. The van der Waals surface area contributed by atoms with Crippen molar-refractivity contribution in [3.63, 3.8) is 0 Å². The summed E-state index contributed by atoms with van der Waals surface area (Å²) in [6.07, 6.45) is 8.35. The highest BCUT2D eigenvalue weighted by atomic mass is 15.3. The minimum Gasteiger partial charge on any atom is -0.382 e. The molecule has 0 fully saturated rings. The fourth-order valence-corrected chi connectivity index (χ4v) is 2.40. The van der Waals surface area contributed by atoms with E-state index in [-0.39, 0.29) is 0 Å². The van der Waals surface area contributed by atoms with Crippen molar-refractivity contribution in [1.82, 2.24) is 14.3 Å². The maximum absolute atomic E-state index is 6.07. The van der Waals surface area contributed by atoms with Gasteiger partial charge in [0.1, 0.15) is 0 Å². The van der Waals surface area contributed by atoms with Crippen LogP contribution in [0.4, 0.5) is 17.5 Å². The first-order chi connectivity index (χ1) is 11.7. The van der Waals surface area contributed by atoms with Crippen LogP contribution in [0.3, 0.4) is 0 Å². The van der Waals surface area contributed by atoms with Gasteiger partial charge in [0.25, 0.3) is 0 Å². The van der Waals surface area contributed by atoms with Crippen molar-refractivity contribution in [1.29, 1.82) is 0 Å². The predicted molar refractivity (Wildman–Crippen MR) is 93.1 cm³/mol. The number of nitrogens with zero attached hydrogens (tertiary/aromatic N) is 6. The summed E-state index contributed by atoms with van der Waals surface area (Å²) in [5.74, 6) is 1.30. The zero-order valence-electron chi connectivity index (χ0n) is 14.3. The number of aromatic nitrogens is 4. The molecule has 132 valence electrons. The molecule has 0 aliphatic heterocycles. The van der Waals surface area contributed by atoms with Crippen LogP contribution in [0.25, 0.3) is 0 Å². The number of nitrogens with two attached hydrogens (primary N) is 3. The van der Waals surface area contributed by atoms with Gasteiger partial charge in [-0.1, -0.05) is 12.0 Å². The quantitative estimate of drug-likeness (QED) is 0.443. The Morgan fingerprint density at radius 1 is 1.17 bits per heavy atom. The third-order valence-electron chi connectivity index (χ3n) is 3.69. The monoisotopic (exact) mass is 334 g/mol. The van der Waals surface area contributed by atoms with Gasteiger partial charge in [0.05, 0.1) is 31.7 Å². The van der Waals surface area contributed by atoms with E-state index in [0.29, 0.717) is 24.6 Å². The van der Waals surface area contributed by atoms with Gasteiger partial charge in [-0.25, -0.2) is 13.8 Å². The third kappa shape index (κ3) is 4.39. The first-order valence-electron chi connectivity index (χ1n) is 8.43. The molecule has 24 heavy (non-hydrogen) atoms. The van der Waals surface area contributed by atoms with Crippen LogP contribution in [0.1, 0.15) is 26.2 Å². The van der Waals surface area contributed by atoms with Gasteiger partial charge in [0.2, 0.25) is 0 Å². The van der Waals surface area contributed by atoms with Crippen molar-refractivity contribution >= 4 is 17.5 Å². The van der Waals surface area contributed by atoms with Gasteiger partial charge in [0.15, 0.2) is 11.5 Å². The lowest BCUT2D eigenvalue weighted by Gasteiger charge is -2.00. The van der Waals surface area contributed by atoms with Gasteiger partial charge in [0, 0.05) is 11.7 Å². The zero-order valence-corrected chi connectivity index (χ0v) is 14.3. The average molecular weight is 334 g/mol. The molecule has 2 heterocycles. The normalized spacial score (nSPS) is 11.6. The van der Waals surface area contributed by atoms with Crippen molar-refractivity contribution < 1.29 is 4.57 Å². The molecule has 2 rings (SSSR count). The minimum absolute atomic E-state index is 0.536. The van der Waals surface area contributed by atoms with Crippen molar-refractivity contribution in [3.05, 3.63) is 18.6 Å². The van der Waals surface area contributed by atoms with E-state index in [9.17, 15) is 0 Å². The summed E-state index contributed by atoms with van der Waals surface area (Å²) in [7, 11) is 0. The Bertz CT molecular complexity index is 630. The van der Waals surface area contributed by atoms with Crippen LogP contribution in [-0.2, 0) is 19.6 Å². The van der Waals surface area contributed by atoms with Crippen LogP contribution in [-0.4, -0.2) is 27.4 Å². The molecule has 6 N–H and O–H groups in total. The highest BCUT2D eigenvalue weighted by Gasteiger charge is 2.17. The predicted octanol–water partition coefficient (Wildman–Crippen LogP) is 1.08. The smallest absolute Gasteiger partial charge is 0.382 e. The van der Waals surface area contributed by atoms with E-state index in [1.54, 1.807) is 10.9 Å². The summed E-state index contributed by atoms with van der Waals surface area (Å²) in [4.78, 5) is 0. The Morgan fingerprint density at radius 3 is 2.67 bits per heavy atom. The van der Waals surface area contributed by atoms with E-state index < -0.39 is 0 Å². The van der Waals surface area contributed by atoms with E-state index in [4.69, 9.17) is 17.2 Å². The van der Waals surface area contributed by atoms with Crippen molar-refractivity contribution in [3.8, 4) is 0 Å². The van der Waals surface area contributed by atoms with Gasteiger partial charge in [-0.2, -0.15) is 5.10 Å². The second-order valence-electron chi connectivity index (χ2n) is 5.61. The van der Waals surface area contributed by atoms with E-state index in [0.717, 1.165) is 44.8 Å². The first-order valence-corrected chi connectivity index (χ1v) is 8.43. The van der Waals surface area contributed by atoms with Crippen LogP contribution in [0, 0.1) is 0 Å². The van der Waals surface area contributed by atoms with Gasteiger partial charge in [-0.05, 0) is 32.4 Å². The van der Waals surface area contributed by atoms with E-state index in [2.05, 4.69) is 22.3 Å². The molecular weight excluding hydrogens is 306 g/mol. The lowest BCUT2D eigenvalue weighted by atomic mass is 10.4. The molecule has 9 heteroatoms. The summed E-state index contributed by atoms with van der Waals surface area (Å²) in [5, 5.41) is 13.0. The molecular formula is C15H28N9+. The largest absolute Gasteiger partial charge is 0.421 e. The van der Waals surface area contributed by atoms with Crippen molar-refractivity contribution in [2.24, 2.45) is 21.7 Å². The fourth-order valence-electron chi connectivity index (χ4n) is 2.40. The molecule has 2 aromatic heterocycles.